The lowest BCUT2D eigenvalue weighted by molar-refractivity contribution is -0.121. The number of carbonyl (C=O) groups excluding carboxylic acids is 1. The van der Waals surface area contributed by atoms with Crippen molar-refractivity contribution in [2.75, 3.05) is 12.4 Å². The van der Waals surface area contributed by atoms with Crippen molar-refractivity contribution in [3.8, 4) is 0 Å². The van der Waals surface area contributed by atoms with Gasteiger partial charge in [0.25, 0.3) is 0 Å². The highest BCUT2D eigenvalue weighted by Crippen LogP contribution is 2.23. The van der Waals surface area contributed by atoms with Crippen LogP contribution in [0.1, 0.15) is 17.2 Å². The van der Waals surface area contributed by atoms with Gasteiger partial charge in [0, 0.05) is 12.2 Å². The first-order valence-electron chi connectivity index (χ1n) is 8.49. The normalized spacial score (nSPS) is 12.0. The molecule has 4 heteroatoms. The zero-order valence-electron chi connectivity index (χ0n) is 14.6. The number of likely N-dealkylation sites (N-methyl/N-ethyl adjacent to an activating group) is 1. The molecule has 0 saturated carbocycles. The Morgan fingerprint density at radius 1 is 0.923 bits per heavy atom. The van der Waals surface area contributed by atoms with Gasteiger partial charge in [-0.1, -0.05) is 60.7 Å². The summed E-state index contributed by atoms with van der Waals surface area (Å²) in [5, 5.41) is 2.89. The Balaban J connectivity index is 1.83. The number of hydrogen-bond acceptors (Lipinski definition) is 2. The minimum atomic E-state index is -0.457. The Labute approximate surface area is 153 Å². The van der Waals surface area contributed by atoms with E-state index in [9.17, 15) is 9.18 Å². The number of benzene rings is 3. The summed E-state index contributed by atoms with van der Waals surface area (Å²) < 4.78 is 13.1. The number of halogens is 1. The third kappa shape index (κ3) is 4.55. The number of rotatable bonds is 6. The van der Waals surface area contributed by atoms with E-state index in [4.69, 9.17) is 0 Å². The van der Waals surface area contributed by atoms with Gasteiger partial charge in [0.15, 0.2) is 0 Å². The van der Waals surface area contributed by atoms with Gasteiger partial charge in [0.05, 0.1) is 0 Å². The molecule has 0 bridgehead atoms. The molecule has 0 aliphatic carbocycles. The second-order valence-electron chi connectivity index (χ2n) is 6.21. The lowest BCUT2D eigenvalue weighted by Crippen LogP contribution is -2.34. The van der Waals surface area contributed by atoms with Crippen molar-refractivity contribution < 1.29 is 9.18 Å². The van der Waals surface area contributed by atoms with Crippen molar-refractivity contribution in [3.63, 3.8) is 0 Å². The van der Waals surface area contributed by atoms with Crippen molar-refractivity contribution in [1.29, 1.82) is 0 Å². The number of nitrogens with one attached hydrogen (secondary N) is 1. The van der Waals surface area contributed by atoms with Crippen LogP contribution in [0.3, 0.4) is 0 Å². The fraction of sp³-hybridized carbons (Fsp3) is 0.136. The Hall–Kier alpha value is -2.98. The van der Waals surface area contributed by atoms with Crippen molar-refractivity contribution in [2.45, 2.75) is 12.6 Å². The summed E-state index contributed by atoms with van der Waals surface area (Å²) >= 11 is 0. The molecule has 3 aromatic carbocycles. The van der Waals surface area contributed by atoms with E-state index in [0.717, 1.165) is 11.1 Å². The minimum absolute atomic E-state index is 0.152. The average Bonchev–Trinajstić information content (AvgIpc) is 2.65. The molecular weight excluding hydrogens is 327 g/mol. The van der Waals surface area contributed by atoms with Crippen LogP contribution in [0.4, 0.5) is 10.1 Å². The maximum atomic E-state index is 13.1. The van der Waals surface area contributed by atoms with Crippen LogP contribution >= 0.6 is 0 Å². The van der Waals surface area contributed by atoms with Crippen LogP contribution in [0, 0.1) is 5.82 Å². The monoisotopic (exact) mass is 348 g/mol. The van der Waals surface area contributed by atoms with Crippen LogP contribution in [0.15, 0.2) is 84.9 Å². The molecule has 0 heterocycles. The van der Waals surface area contributed by atoms with Gasteiger partial charge in [-0.15, -0.1) is 0 Å². The number of nitrogens with zero attached hydrogens (tertiary/aromatic N) is 1. The third-order valence-electron chi connectivity index (χ3n) is 4.19. The molecule has 0 aromatic heterocycles. The summed E-state index contributed by atoms with van der Waals surface area (Å²) in [5.74, 6) is -0.481. The largest absolute Gasteiger partial charge is 0.324 e. The highest BCUT2D eigenvalue weighted by molar-refractivity contribution is 5.95. The van der Waals surface area contributed by atoms with E-state index in [1.807, 2.05) is 72.6 Å². The predicted octanol–water partition coefficient (Wildman–Crippen LogP) is 4.64. The van der Waals surface area contributed by atoms with Gasteiger partial charge in [-0.05, 0) is 42.4 Å². The Morgan fingerprint density at radius 3 is 2.12 bits per heavy atom. The van der Waals surface area contributed by atoms with E-state index < -0.39 is 6.04 Å². The van der Waals surface area contributed by atoms with E-state index in [2.05, 4.69) is 5.32 Å². The molecule has 3 rings (SSSR count). The first-order valence-corrected chi connectivity index (χ1v) is 8.49. The molecule has 0 spiro atoms. The number of hydrogen-bond donors (Lipinski definition) is 1. The summed E-state index contributed by atoms with van der Waals surface area (Å²) in [5.41, 5.74) is 2.61. The van der Waals surface area contributed by atoms with E-state index in [0.29, 0.717) is 12.2 Å². The molecule has 0 fully saturated rings. The summed E-state index contributed by atoms with van der Waals surface area (Å²) in [6.07, 6.45) is 0. The third-order valence-corrected chi connectivity index (χ3v) is 4.19. The molecule has 132 valence electrons. The molecule has 0 aliphatic rings. The molecule has 3 aromatic rings. The second kappa shape index (κ2) is 8.41. The van der Waals surface area contributed by atoms with Crippen molar-refractivity contribution >= 4 is 11.6 Å². The highest BCUT2D eigenvalue weighted by atomic mass is 19.1. The van der Waals surface area contributed by atoms with Crippen molar-refractivity contribution in [1.82, 2.24) is 4.90 Å². The SMILES string of the molecule is CN(Cc1ccccc1)[C@H](C(=O)Nc1ccc(F)cc1)c1ccccc1. The van der Waals surface area contributed by atoms with E-state index in [1.165, 1.54) is 12.1 Å². The van der Waals surface area contributed by atoms with Crippen LogP contribution in [0.25, 0.3) is 0 Å². The first-order chi connectivity index (χ1) is 12.6. The summed E-state index contributed by atoms with van der Waals surface area (Å²) in [4.78, 5) is 15.0. The summed E-state index contributed by atoms with van der Waals surface area (Å²) in [6.45, 7) is 0.636. The predicted molar refractivity (Wildman–Crippen MR) is 102 cm³/mol. The van der Waals surface area contributed by atoms with Crippen LogP contribution in [-0.4, -0.2) is 17.9 Å². The van der Waals surface area contributed by atoms with E-state index in [1.54, 1.807) is 12.1 Å². The number of anilines is 1. The van der Waals surface area contributed by atoms with Gasteiger partial charge in [-0.3, -0.25) is 9.69 Å². The summed E-state index contributed by atoms with van der Waals surface area (Å²) in [6, 6.07) is 25.0. The zero-order valence-corrected chi connectivity index (χ0v) is 14.6. The molecule has 1 atom stereocenters. The van der Waals surface area contributed by atoms with Gasteiger partial charge in [-0.2, -0.15) is 0 Å². The molecule has 1 amide bonds. The Bertz CT molecular complexity index is 835. The van der Waals surface area contributed by atoms with Crippen molar-refractivity contribution in [3.05, 3.63) is 102 Å². The first kappa shape index (κ1) is 17.8. The minimum Gasteiger partial charge on any atom is -0.324 e. The summed E-state index contributed by atoms with van der Waals surface area (Å²) in [7, 11) is 1.93. The molecule has 3 nitrogen and oxygen atoms in total. The molecule has 0 unspecified atom stereocenters. The highest BCUT2D eigenvalue weighted by Gasteiger charge is 2.25. The maximum absolute atomic E-state index is 13.1. The standard InChI is InChI=1S/C22H21FN2O/c1-25(16-17-8-4-2-5-9-17)21(18-10-6-3-7-11-18)22(26)24-20-14-12-19(23)13-15-20/h2-15,21H,16H2,1H3,(H,24,26)/t21-/m0/s1. The maximum Gasteiger partial charge on any atom is 0.246 e. The van der Waals surface area contributed by atoms with Crippen molar-refractivity contribution in [2.24, 2.45) is 0 Å². The lowest BCUT2D eigenvalue weighted by atomic mass is 10.0. The van der Waals surface area contributed by atoms with Gasteiger partial charge < -0.3 is 5.32 Å². The quantitative estimate of drug-likeness (QED) is 0.704. The number of amides is 1. The fourth-order valence-corrected chi connectivity index (χ4v) is 2.95. The Kier molecular flexibility index (Phi) is 5.77. The van der Waals surface area contributed by atoms with Crippen LogP contribution in [0.5, 0.6) is 0 Å². The molecule has 0 radical (unpaired) electrons. The van der Waals surface area contributed by atoms with Gasteiger partial charge in [0.1, 0.15) is 11.9 Å². The smallest absolute Gasteiger partial charge is 0.246 e. The number of carbonyl (C=O) groups is 1. The topological polar surface area (TPSA) is 32.3 Å². The lowest BCUT2D eigenvalue weighted by Gasteiger charge is -2.27. The molecule has 1 N–H and O–H groups in total. The molecular formula is C22H21FN2O. The van der Waals surface area contributed by atoms with Crippen LogP contribution < -0.4 is 5.32 Å². The van der Waals surface area contributed by atoms with E-state index >= 15 is 0 Å². The Morgan fingerprint density at radius 2 is 1.50 bits per heavy atom. The van der Waals surface area contributed by atoms with Gasteiger partial charge in [-0.25, -0.2) is 4.39 Å². The average molecular weight is 348 g/mol. The van der Waals surface area contributed by atoms with Crippen LogP contribution in [0.2, 0.25) is 0 Å². The van der Waals surface area contributed by atoms with Crippen LogP contribution in [-0.2, 0) is 11.3 Å². The van der Waals surface area contributed by atoms with Gasteiger partial charge >= 0.3 is 0 Å². The van der Waals surface area contributed by atoms with Gasteiger partial charge in [0.2, 0.25) is 5.91 Å². The molecule has 0 saturated heterocycles. The molecule has 0 aliphatic heterocycles. The second-order valence-corrected chi connectivity index (χ2v) is 6.21. The zero-order chi connectivity index (χ0) is 18.4. The van der Waals surface area contributed by atoms with E-state index in [-0.39, 0.29) is 11.7 Å². The molecule has 26 heavy (non-hydrogen) atoms. The fourth-order valence-electron chi connectivity index (χ4n) is 2.95.